The first-order valence-corrected chi connectivity index (χ1v) is 7.89. The van der Waals surface area contributed by atoms with Crippen LogP contribution in [0.5, 0.6) is 0 Å². The number of halogens is 2. The molecule has 4 nitrogen and oxygen atoms in total. The smallest absolute Gasteiger partial charge is 0.220 e. The molecule has 0 bridgehead atoms. The Hall–Kier alpha value is -2.60. The molecule has 0 aliphatic carbocycles. The largest absolute Gasteiger partial charge is 0.386 e. The molecule has 0 saturated carbocycles. The van der Waals surface area contributed by atoms with Gasteiger partial charge in [0.2, 0.25) is 5.91 Å². The van der Waals surface area contributed by atoms with E-state index < -0.39 is 29.7 Å². The highest BCUT2D eigenvalue weighted by Crippen LogP contribution is 2.19. The van der Waals surface area contributed by atoms with E-state index in [0.29, 0.717) is 5.56 Å². The molecule has 0 aromatic heterocycles. The summed E-state index contributed by atoms with van der Waals surface area (Å²) in [5, 5.41) is 12.7. The first kappa shape index (κ1) is 18.7. The number of rotatable bonds is 7. The maximum Gasteiger partial charge on any atom is 0.220 e. The van der Waals surface area contributed by atoms with Gasteiger partial charge in [-0.1, -0.05) is 36.4 Å². The van der Waals surface area contributed by atoms with Gasteiger partial charge >= 0.3 is 0 Å². The standard InChI is InChI=1S/C19H19F2NO3/c1-12(19(25)14-7-8-15(20)16(21)11-14)22-18(24)10-9-17(23)13-5-3-2-4-6-13/h2-8,11-12,19,25H,9-10H2,1H3,(H,22,24). The van der Waals surface area contributed by atoms with Crippen LogP contribution < -0.4 is 5.32 Å². The first-order valence-electron chi connectivity index (χ1n) is 7.89. The number of Topliss-reactive ketones (excluding diaryl/α,β-unsaturated/α-hetero) is 1. The van der Waals surface area contributed by atoms with E-state index >= 15 is 0 Å². The van der Waals surface area contributed by atoms with Crippen LogP contribution >= 0.6 is 0 Å². The highest BCUT2D eigenvalue weighted by atomic mass is 19.2. The third-order valence-electron chi connectivity index (χ3n) is 3.82. The van der Waals surface area contributed by atoms with Crippen LogP contribution in [0.1, 0.15) is 41.8 Å². The first-order chi connectivity index (χ1) is 11.9. The molecule has 0 spiro atoms. The van der Waals surface area contributed by atoms with Crippen LogP contribution in [-0.2, 0) is 4.79 Å². The summed E-state index contributed by atoms with van der Waals surface area (Å²) in [5.74, 6) is -2.63. The predicted octanol–water partition coefficient (Wildman–Crippen LogP) is 3.17. The summed E-state index contributed by atoms with van der Waals surface area (Å²) >= 11 is 0. The normalized spacial score (nSPS) is 13.1. The molecule has 2 rings (SSSR count). The van der Waals surface area contributed by atoms with Crippen molar-refractivity contribution in [3.63, 3.8) is 0 Å². The van der Waals surface area contributed by atoms with Gasteiger partial charge in [0.05, 0.1) is 12.1 Å². The summed E-state index contributed by atoms with van der Waals surface area (Å²) < 4.78 is 26.2. The highest BCUT2D eigenvalue weighted by Gasteiger charge is 2.20. The van der Waals surface area contributed by atoms with Crippen molar-refractivity contribution in [2.75, 3.05) is 0 Å². The fourth-order valence-corrected chi connectivity index (χ4v) is 2.39. The summed E-state index contributed by atoms with van der Waals surface area (Å²) in [7, 11) is 0. The average Bonchev–Trinajstić information content (AvgIpc) is 2.62. The number of aliphatic hydroxyl groups excluding tert-OH is 1. The molecular weight excluding hydrogens is 328 g/mol. The van der Waals surface area contributed by atoms with Gasteiger partial charge < -0.3 is 10.4 Å². The zero-order chi connectivity index (χ0) is 18.4. The van der Waals surface area contributed by atoms with Crippen molar-refractivity contribution >= 4 is 11.7 Å². The Balaban J connectivity index is 1.86. The Morgan fingerprint density at radius 2 is 1.72 bits per heavy atom. The number of nitrogens with one attached hydrogen (secondary N) is 1. The number of carbonyl (C=O) groups is 2. The van der Waals surface area contributed by atoms with E-state index in [4.69, 9.17) is 0 Å². The van der Waals surface area contributed by atoms with Gasteiger partial charge in [-0.15, -0.1) is 0 Å². The Morgan fingerprint density at radius 3 is 2.36 bits per heavy atom. The highest BCUT2D eigenvalue weighted by molar-refractivity contribution is 5.97. The van der Waals surface area contributed by atoms with E-state index in [1.165, 1.54) is 6.07 Å². The molecule has 0 aliphatic heterocycles. The van der Waals surface area contributed by atoms with E-state index in [-0.39, 0.29) is 24.2 Å². The molecular formula is C19H19F2NO3. The van der Waals surface area contributed by atoms with Gasteiger partial charge in [-0.25, -0.2) is 8.78 Å². The lowest BCUT2D eigenvalue weighted by molar-refractivity contribution is -0.122. The SMILES string of the molecule is CC(NC(=O)CCC(=O)c1ccccc1)C(O)c1ccc(F)c(F)c1. The molecule has 2 unspecified atom stereocenters. The number of ketones is 1. The van der Waals surface area contributed by atoms with Crippen LogP contribution in [0, 0.1) is 11.6 Å². The van der Waals surface area contributed by atoms with E-state index in [2.05, 4.69) is 5.32 Å². The zero-order valence-corrected chi connectivity index (χ0v) is 13.7. The van der Waals surface area contributed by atoms with Crippen molar-refractivity contribution in [2.24, 2.45) is 0 Å². The molecule has 6 heteroatoms. The molecule has 132 valence electrons. The van der Waals surface area contributed by atoms with Crippen LogP contribution in [0.4, 0.5) is 8.78 Å². The second kappa shape index (κ2) is 8.48. The van der Waals surface area contributed by atoms with Crippen molar-refractivity contribution in [3.8, 4) is 0 Å². The minimum atomic E-state index is -1.19. The van der Waals surface area contributed by atoms with Gasteiger partial charge in [0, 0.05) is 18.4 Å². The lowest BCUT2D eigenvalue weighted by atomic mass is 10.0. The Labute approximate surface area is 144 Å². The second-order valence-corrected chi connectivity index (χ2v) is 5.76. The number of aliphatic hydroxyl groups is 1. The van der Waals surface area contributed by atoms with Gasteiger partial charge in [-0.3, -0.25) is 9.59 Å². The molecule has 0 aliphatic rings. The Morgan fingerprint density at radius 1 is 1.04 bits per heavy atom. The van der Waals surface area contributed by atoms with Gasteiger partial charge in [-0.05, 0) is 24.6 Å². The summed E-state index contributed by atoms with van der Waals surface area (Å²) in [5.41, 5.74) is 0.692. The van der Waals surface area contributed by atoms with Crippen molar-refractivity contribution in [2.45, 2.75) is 31.9 Å². The maximum absolute atomic E-state index is 13.2. The number of benzene rings is 2. The molecule has 2 N–H and O–H groups in total. The Kier molecular flexibility index (Phi) is 6.36. The predicted molar refractivity (Wildman–Crippen MR) is 88.9 cm³/mol. The van der Waals surface area contributed by atoms with Crippen molar-refractivity contribution in [1.29, 1.82) is 0 Å². The fraction of sp³-hybridized carbons (Fsp3) is 0.263. The molecule has 0 radical (unpaired) electrons. The molecule has 2 aromatic carbocycles. The zero-order valence-electron chi connectivity index (χ0n) is 13.7. The van der Waals surface area contributed by atoms with Crippen LogP contribution in [0.15, 0.2) is 48.5 Å². The second-order valence-electron chi connectivity index (χ2n) is 5.76. The number of hydrogen-bond donors (Lipinski definition) is 2. The summed E-state index contributed by atoms with van der Waals surface area (Å²) in [6, 6.07) is 11.0. The number of hydrogen-bond acceptors (Lipinski definition) is 3. The van der Waals surface area contributed by atoms with Gasteiger partial charge in [0.1, 0.15) is 0 Å². The number of amides is 1. The molecule has 2 atom stereocenters. The third-order valence-corrected chi connectivity index (χ3v) is 3.82. The van der Waals surface area contributed by atoms with Gasteiger partial charge in [-0.2, -0.15) is 0 Å². The van der Waals surface area contributed by atoms with Gasteiger partial charge in [0.25, 0.3) is 0 Å². The van der Waals surface area contributed by atoms with Gasteiger partial charge in [0.15, 0.2) is 17.4 Å². The monoisotopic (exact) mass is 347 g/mol. The van der Waals surface area contributed by atoms with Crippen LogP contribution in [0.3, 0.4) is 0 Å². The molecule has 25 heavy (non-hydrogen) atoms. The molecule has 0 saturated heterocycles. The van der Waals surface area contributed by atoms with E-state index in [9.17, 15) is 23.5 Å². The van der Waals surface area contributed by atoms with Crippen LogP contribution in [0.2, 0.25) is 0 Å². The van der Waals surface area contributed by atoms with Crippen molar-refractivity contribution in [3.05, 3.63) is 71.3 Å². The minimum absolute atomic E-state index is 0.0252. The Bertz CT molecular complexity index is 750. The van der Waals surface area contributed by atoms with Crippen LogP contribution in [-0.4, -0.2) is 22.8 Å². The lowest BCUT2D eigenvalue weighted by Gasteiger charge is -2.20. The third kappa shape index (κ3) is 5.19. The van der Waals surface area contributed by atoms with Crippen molar-refractivity contribution in [1.82, 2.24) is 5.32 Å². The molecule has 2 aromatic rings. The van der Waals surface area contributed by atoms with Crippen LogP contribution in [0.25, 0.3) is 0 Å². The summed E-state index contributed by atoms with van der Waals surface area (Å²) in [6.45, 7) is 1.54. The molecule has 0 heterocycles. The quantitative estimate of drug-likeness (QED) is 0.756. The summed E-state index contributed by atoms with van der Waals surface area (Å²) in [6.07, 6.45) is -1.17. The number of carbonyl (C=O) groups excluding carboxylic acids is 2. The lowest BCUT2D eigenvalue weighted by Crippen LogP contribution is -2.37. The van der Waals surface area contributed by atoms with Crippen molar-refractivity contribution < 1.29 is 23.5 Å². The average molecular weight is 347 g/mol. The van der Waals surface area contributed by atoms with E-state index in [1.807, 2.05) is 0 Å². The fourth-order valence-electron chi connectivity index (χ4n) is 2.39. The minimum Gasteiger partial charge on any atom is -0.386 e. The summed E-state index contributed by atoms with van der Waals surface area (Å²) in [4.78, 5) is 23.9. The molecule has 0 fully saturated rings. The molecule has 1 amide bonds. The topological polar surface area (TPSA) is 66.4 Å². The van der Waals surface area contributed by atoms with E-state index in [0.717, 1.165) is 12.1 Å². The maximum atomic E-state index is 13.2. The van der Waals surface area contributed by atoms with E-state index in [1.54, 1.807) is 37.3 Å².